The number of hydrogen-bond acceptors (Lipinski definition) is 2. The van der Waals surface area contributed by atoms with Gasteiger partial charge in [-0.25, -0.2) is 0 Å². The Kier molecular flexibility index (Phi) is 3.39. The fraction of sp³-hybridized carbons (Fsp3) is 0.500. The molecule has 0 aliphatic heterocycles. The lowest BCUT2D eigenvalue weighted by Gasteiger charge is -1.96. The number of aromatic nitrogens is 2. The average Bonchev–Trinajstić information content (AvgIpc) is 2.12. The molecule has 1 rings (SSSR count). The van der Waals surface area contributed by atoms with Crippen LogP contribution >= 0.6 is 12.4 Å². The summed E-state index contributed by atoms with van der Waals surface area (Å²) in [6.45, 7) is 2.58. The van der Waals surface area contributed by atoms with Gasteiger partial charge in [0, 0.05) is 13.6 Å². The Bertz CT molecular complexity index is 187. The summed E-state index contributed by atoms with van der Waals surface area (Å²) < 4.78 is 1.80. The highest BCUT2D eigenvalue weighted by molar-refractivity contribution is 5.85. The summed E-state index contributed by atoms with van der Waals surface area (Å²) in [6.07, 6.45) is 1.82. The Balaban J connectivity index is 0.000000810. The molecule has 0 fully saturated rings. The number of rotatable bonds is 1. The molecule has 0 unspecified atom stereocenters. The number of halogens is 1. The number of nitrogens with two attached hydrogens (primary N) is 1. The predicted molar refractivity (Wildman–Crippen MR) is 43.1 cm³/mol. The fourth-order valence-corrected chi connectivity index (χ4v) is 0.866. The van der Waals surface area contributed by atoms with Crippen molar-refractivity contribution in [1.82, 2.24) is 9.78 Å². The van der Waals surface area contributed by atoms with Gasteiger partial charge in [0.1, 0.15) is 0 Å². The lowest BCUT2D eigenvalue weighted by Crippen LogP contribution is -2.05. The van der Waals surface area contributed by atoms with E-state index in [1.54, 1.807) is 4.68 Å². The van der Waals surface area contributed by atoms with Crippen LogP contribution in [-0.2, 0) is 13.6 Å². The molecule has 0 aliphatic rings. The van der Waals surface area contributed by atoms with Crippen LogP contribution in [0.3, 0.4) is 0 Å². The van der Waals surface area contributed by atoms with Gasteiger partial charge >= 0.3 is 0 Å². The maximum Gasteiger partial charge on any atom is 0.0545 e. The van der Waals surface area contributed by atoms with Gasteiger partial charge in [0.05, 0.1) is 11.9 Å². The maximum absolute atomic E-state index is 5.44. The zero-order valence-electron chi connectivity index (χ0n) is 6.16. The van der Waals surface area contributed by atoms with Gasteiger partial charge in [-0.15, -0.1) is 12.4 Å². The van der Waals surface area contributed by atoms with Crippen molar-refractivity contribution in [3.63, 3.8) is 0 Å². The van der Waals surface area contributed by atoms with Crippen LogP contribution in [0.1, 0.15) is 11.3 Å². The van der Waals surface area contributed by atoms with Crippen LogP contribution in [-0.4, -0.2) is 9.78 Å². The number of aryl methyl sites for hydroxylation is 2. The lowest BCUT2D eigenvalue weighted by molar-refractivity contribution is 0.710. The smallest absolute Gasteiger partial charge is 0.0545 e. The van der Waals surface area contributed by atoms with Crippen molar-refractivity contribution in [2.24, 2.45) is 12.8 Å². The molecule has 10 heavy (non-hydrogen) atoms. The highest BCUT2D eigenvalue weighted by atomic mass is 35.5. The fourth-order valence-electron chi connectivity index (χ4n) is 0.866. The van der Waals surface area contributed by atoms with Crippen molar-refractivity contribution in [3.05, 3.63) is 17.5 Å². The van der Waals surface area contributed by atoms with E-state index in [0.29, 0.717) is 6.54 Å². The first kappa shape index (κ1) is 9.46. The van der Waals surface area contributed by atoms with Gasteiger partial charge in [0.25, 0.3) is 0 Å². The van der Waals surface area contributed by atoms with Crippen molar-refractivity contribution in [2.75, 3.05) is 0 Å². The molecule has 2 N–H and O–H groups in total. The molecule has 1 heterocycles. The minimum atomic E-state index is 0. The second kappa shape index (κ2) is 3.58. The second-order valence-electron chi connectivity index (χ2n) is 2.10. The van der Waals surface area contributed by atoms with Gasteiger partial charge in [-0.1, -0.05) is 0 Å². The minimum Gasteiger partial charge on any atom is -0.325 e. The van der Waals surface area contributed by atoms with Crippen molar-refractivity contribution in [2.45, 2.75) is 13.5 Å². The van der Waals surface area contributed by atoms with E-state index in [4.69, 9.17) is 5.73 Å². The first-order chi connectivity index (χ1) is 4.25. The van der Waals surface area contributed by atoms with E-state index in [1.807, 2.05) is 20.2 Å². The average molecular weight is 162 g/mol. The summed E-state index contributed by atoms with van der Waals surface area (Å²) in [4.78, 5) is 0. The Morgan fingerprint density at radius 1 is 1.70 bits per heavy atom. The van der Waals surface area contributed by atoms with Crippen LogP contribution in [0.5, 0.6) is 0 Å². The summed E-state index contributed by atoms with van der Waals surface area (Å²) in [5.41, 5.74) is 7.71. The maximum atomic E-state index is 5.44. The summed E-state index contributed by atoms with van der Waals surface area (Å²) in [5.74, 6) is 0. The van der Waals surface area contributed by atoms with Crippen LogP contribution in [0.15, 0.2) is 6.20 Å². The SMILES string of the molecule is Cc1cnn(C)c1CN.Cl. The van der Waals surface area contributed by atoms with Crippen LogP contribution in [0, 0.1) is 6.92 Å². The monoisotopic (exact) mass is 161 g/mol. The van der Waals surface area contributed by atoms with Crippen LogP contribution in [0.25, 0.3) is 0 Å². The molecule has 1 aromatic rings. The minimum absolute atomic E-state index is 0. The van der Waals surface area contributed by atoms with Gasteiger partial charge in [0.2, 0.25) is 0 Å². The standard InChI is InChI=1S/C6H11N3.ClH/c1-5-4-8-9(2)6(5)3-7;/h4H,3,7H2,1-2H3;1H. The Labute approximate surface area is 66.6 Å². The third-order valence-electron chi connectivity index (χ3n) is 1.46. The second-order valence-corrected chi connectivity index (χ2v) is 2.10. The number of hydrogen-bond donors (Lipinski definition) is 1. The largest absolute Gasteiger partial charge is 0.325 e. The highest BCUT2D eigenvalue weighted by Gasteiger charge is 1.98. The molecule has 0 aromatic carbocycles. The van der Waals surface area contributed by atoms with Gasteiger partial charge in [-0.2, -0.15) is 5.10 Å². The summed E-state index contributed by atoms with van der Waals surface area (Å²) in [5, 5.41) is 4.02. The van der Waals surface area contributed by atoms with Crippen LogP contribution < -0.4 is 5.73 Å². The highest BCUT2D eigenvalue weighted by Crippen LogP contribution is 2.02. The summed E-state index contributed by atoms with van der Waals surface area (Å²) in [6, 6.07) is 0. The van der Waals surface area contributed by atoms with E-state index < -0.39 is 0 Å². The Morgan fingerprint density at radius 2 is 2.30 bits per heavy atom. The molecule has 3 nitrogen and oxygen atoms in total. The molecule has 0 aliphatic carbocycles. The molecule has 0 radical (unpaired) electrons. The van der Waals surface area contributed by atoms with Crippen molar-refractivity contribution >= 4 is 12.4 Å². The van der Waals surface area contributed by atoms with E-state index in [-0.39, 0.29) is 12.4 Å². The topological polar surface area (TPSA) is 43.8 Å². The Hall–Kier alpha value is -0.540. The molecular weight excluding hydrogens is 150 g/mol. The Morgan fingerprint density at radius 3 is 2.50 bits per heavy atom. The van der Waals surface area contributed by atoms with E-state index in [1.165, 1.54) is 5.56 Å². The van der Waals surface area contributed by atoms with Gasteiger partial charge in [0.15, 0.2) is 0 Å². The first-order valence-electron chi connectivity index (χ1n) is 2.93. The van der Waals surface area contributed by atoms with Gasteiger partial charge in [-0.05, 0) is 12.5 Å². The molecular formula is C6H12ClN3. The molecule has 0 saturated carbocycles. The molecule has 0 saturated heterocycles. The number of nitrogens with zero attached hydrogens (tertiary/aromatic N) is 2. The quantitative estimate of drug-likeness (QED) is 0.656. The van der Waals surface area contributed by atoms with E-state index in [0.717, 1.165) is 5.69 Å². The zero-order valence-corrected chi connectivity index (χ0v) is 6.98. The summed E-state index contributed by atoms with van der Waals surface area (Å²) in [7, 11) is 1.90. The van der Waals surface area contributed by atoms with Gasteiger partial charge < -0.3 is 5.73 Å². The first-order valence-corrected chi connectivity index (χ1v) is 2.93. The molecule has 4 heteroatoms. The molecule has 0 atom stereocenters. The van der Waals surface area contributed by atoms with E-state index >= 15 is 0 Å². The molecule has 0 spiro atoms. The molecule has 0 bridgehead atoms. The lowest BCUT2D eigenvalue weighted by atomic mass is 10.3. The van der Waals surface area contributed by atoms with Crippen molar-refractivity contribution in [3.8, 4) is 0 Å². The van der Waals surface area contributed by atoms with Crippen LogP contribution in [0.4, 0.5) is 0 Å². The van der Waals surface area contributed by atoms with Crippen molar-refractivity contribution < 1.29 is 0 Å². The summed E-state index contributed by atoms with van der Waals surface area (Å²) >= 11 is 0. The normalized spacial score (nSPS) is 9.10. The third kappa shape index (κ3) is 1.49. The van der Waals surface area contributed by atoms with E-state index in [9.17, 15) is 0 Å². The molecule has 58 valence electrons. The zero-order chi connectivity index (χ0) is 6.85. The molecule has 1 aromatic heterocycles. The molecule has 0 amide bonds. The van der Waals surface area contributed by atoms with E-state index in [2.05, 4.69) is 5.10 Å². The third-order valence-corrected chi connectivity index (χ3v) is 1.46. The van der Waals surface area contributed by atoms with Gasteiger partial charge in [-0.3, -0.25) is 4.68 Å². The predicted octanol–water partition coefficient (Wildman–Crippen LogP) is 0.609. The van der Waals surface area contributed by atoms with Crippen molar-refractivity contribution in [1.29, 1.82) is 0 Å². The van der Waals surface area contributed by atoms with Crippen LogP contribution in [0.2, 0.25) is 0 Å².